The molecule has 100 valence electrons. The zero-order valence-electron chi connectivity index (χ0n) is 11.0. The normalized spacial score (nSPS) is 11.1. The van der Waals surface area contributed by atoms with E-state index in [9.17, 15) is 0 Å². The molecule has 4 nitrogen and oxygen atoms in total. The number of benzene rings is 1. The predicted molar refractivity (Wildman–Crippen MR) is 74.2 cm³/mol. The maximum Gasteiger partial charge on any atom is 0.203 e. The van der Waals surface area contributed by atoms with E-state index in [2.05, 4.69) is 5.32 Å². The van der Waals surface area contributed by atoms with Gasteiger partial charge in [-0.15, -0.1) is 0 Å². The smallest absolute Gasteiger partial charge is 0.203 e. The molecule has 0 saturated heterocycles. The van der Waals surface area contributed by atoms with Gasteiger partial charge in [-0.25, -0.2) is 0 Å². The van der Waals surface area contributed by atoms with Crippen LogP contribution < -0.4 is 19.5 Å². The molecular formula is C13H18ClNO3. The van der Waals surface area contributed by atoms with E-state index in [4.69, 9.17) is 25.8 Å². The quantitative estimate of drug-likeness (QED) is 0.862. The van der Waals surface area contributed by atoms with Gasteiger partial charge in [-0.2, -0.15) is 0 Å². The Hall–Kier alpha value is -1.55. The average molecular weight is 272 g/mol. The Bertz CT molecular complexity index is 407. The lowest BCUT2D eigenvalue weighted by molar-refractivity contribution is 0.324. The Morgan fingerprint density at radius 1 is 1.17 bits per heavy atom. The number of nitrogens with one attached hydrogen (secondary N) is 1. The predicted octanol–water partition coefficient (Wildman–Crippen LogP) is 3.27. The van der Waals surface area contributed by atoms with E-state index in [0.717, 1.165) is 11.3 Å². The highest BCUT2D eigenvalue weighted by Gasteiger charge is 2.12. The van der Waals surface area contributed by atoms with Gasteiger partial charge in [0, 0.05) is 29.9 Å². The highest BCUT2D eigenvalue weighted by molar-refractivity contribution is 6.25. The Labute approximate surface area is 112 Å². The highest BCUT2D eigenvalue weighted by atomic mass is 35.5. The van der Waals surface area contributed by atoms with E-state index < -0.39 is 0 Å². The number of hydrogen-bond donors (Lipinski definition) is 1. The minimum Gasteiger partial charge on any atom is -0.493 e. The molecule has 0 aliphatic rings. The summed E-state index contributed by atoms with van der Waals surface area (Å²) < 4.78 is 15.8. The molecule has 0 amide bonds. The van der Waals surface area contributed by atoms with Crippen molar-refractivity contribution >= 4 is 17.3 Å². The van der Waals surface area contributed by atoms with Crippen molar-refractivity contribution in [1.29, 1.82) is 0 Å². The maximum atomic E-state index is 5.61. The number of rotatable bonds is 6. The van der Waals surface area contributed by atoms with Gasteiger partial charge in [0.1, 0.15) is 0 Å². The lowest BCUT2D eigenvalue weighted by Gasteiger charge is -2.15. The molecule has 5 heteroatoms. The average Bonchev–Trinajstić information content (AvgIpc) is 2.43. The molecule has 1 aromatic carbocycles. The topological polar surface area (TPSA) is 39.7 Å². The van der Waals surface area contributed by atoms with Crippen molar-refractivity contribution in [3.8, 4) is 17.2 Å². The number of halogens is 1. The van der Waals surface area contributed by atoms with Crippen LogP contribution in [0, 0.1) is 0 Å². The molecule has 0 aliphatic heterocycles. The van der Waals surface area contributed by atoms with Gasteiger partial charge in [-0.1, -0.05) is 11.6 Å². The van der Waals surface area contributed by atoms with Crippen LogP contribution in [0.15, 0.2) is 23.2 Å². The van der Waals surface area contributed by atoms with Gasteiger partial charge in [-0.05, 0) is 12.5 Å². The van der Waals surface area contributed by atoms with Crippen molar-refractivity contribution in [1.82, 2.24) is 0 Å². The molecular weight excluding hydrogens is 254 g/mol. The third-order valence-electron chi connectivity index (χ3n) is 2.42. The van der Waals surface area contributed by atoms with Crippen LogP contribution in [0.5, 0.6) is 17.2 Å². The molecule has 0 unspecified atom stereocenters. The van der Waals surface area contributed by atoms with Crippen molar-refractivity contribution in [2.45, 2.75) is 6.92 Å². The molecule has 0 aromatic heterocycles. The van der Waals surface area contributed by atoms with Gasteiger partial charge >= 0.3 is 0 Å². The molecule has 0 heterocycles. The largest absolute Gasteiger partial charge is 0.493 e. The summed E-state index contributed by atoms with van der Waals surface area (Å²) in [6.45, 7) is 2.60. The van der Waals surface area contributed by atoms with Crippen molar-refractivity contribution in [2.75, 3.05) is 33.2 Å². The number of ether oxygens (including phenoxy) is 3. The molecule has 0 saturated carbocycles. The summed E-state index contributed by atoms with van der Waals surface area (Å²) in [5.74, 6) is 1.81. The molecule has 0 aliphatic carbocycles. The standard InChI is InChI=1S/C13H18ClNO3/c1-9(7-14)8-15-10-5-11(16-2)13(18-4)12(6-10)17-3/h5-7,15H,8H2,1-4H3/b9-7+. The number of methoxy groups -OCH3 is 3. The fourth-order valence-corrected chi connectivity index (χ4v) is 1.54. The van der Waals surface area contributed by atoms with Gasteiger partial charge in [0.2, 0.25) is 5.75 Å². The SMILES string of the molecule is COc1cc(NC/C(C)=C/Cl)cc(OC)c1OC. The van der Waals surface area contributed by atoms with Gasteiger partial charge in [0.15, 0.2) is 11.5 Å². The van der Waals surface area contributed by atoms with E-state index in [1.165, 1.54) is 0 Å². The first-order valence-corrected chi connectivity index (χ1v) is 5.89. The Balaban J connectivity index is 3.00. The van der Waals surface area contributed by atoms with Crippen LogP contribution in [-0.2, 0) is 0 Å². The molecule has 0 radical (unpaired) electrons. The minimum atomic E-state index is 0.579. The van der Waals surface area contributed by atoms with Crippen molar-refractivity contribution < 1.29 is 14.2 Å². The maximum absolute atomic E-state index is 5.61. The highest BCUT2D eigenvalue weighted by Crippen LogP contribution is 2.39. The van der Waals surface area contributed by atoms with Crippen LogP contribution >= 0.6 is 11.6 Å². The number of hydrogen-bond acceptors (Lipinski definition) is 4. The van der Waals surface area contributed by atoms with Crippen molar-refractivity contribution in [3.05, 3.63) is 23.2 Å². The summed E-state index contributed by atoms with van der Waals surface area (Å²) in [6, 6.07) is 3.70. The van der Waals surface area contributed by atoms with Crippen molar-refractivity contribution in [2.24, 2.45) is 0 Å². The van der Waals surface area contributed by atoms with Gasteiger partial charge in [-0.3, -0.25) is 0 Å². The first kappa shape index (κ1) is 14.5. The summed E-state index contributed by atoms with van der Waals surface area (Å²) in [4.78, 5) is 0. The van der Waals surface area contributed by atoms with Crippen LogP contribution in [0.25, 0.3) is 0 Å². The fraction of sp³-hybridized carbons (Fsp3) is 0.385. The first-order chi connectivity index (χ1) is 8.65. The van der Waals surface area contributed by atoms with Crippen molar-refractivity contribution in [3.63, 3.8) is 0 Å². The molecule has 0 fully saturated rings. The van der Waals surface area contributed by atoms with E-state index in [0.29, 0.717) is 23.8 Å². The summed E-state index contributed by atoms with van der Waals surface area (Å²) in [7, 11) is 4.75. The lowest BCUT2D eigenvalue weighted by Crippen LogP contribution is -2.04. The fourth-order valence-electron chi connectivity index (χ4n) is 1.46. The van der Waals surface area contributed by atoms with E-state index in [1.807, 2.05) is 19.1 Å². The monoisotopic (exact) mass is 271 g/mol. The second-order valence-electron chi connectivity index (χ2n) is 3.72. The molecule has 0 spiro atoms. The molecule has 0 bridgehead atoms. The van der Waals surface area contributed by atoms with Gasteiger partial charge in [0.25, 0.3) is 0 Å². The zero-order chi connectivity index (χ0) is 13.5. The van der Waals surface area contributed by atoms with Gasteiger partial charge in [0.05, 0.1) is 21.3 Å². The van der Waals surface area contributed by atoms with Crippen LogP contribution in [0.4, 0.5) is 5.69 Å². The van der Waals surface area contributed by atoms with Crippen LogP contribution in [0.2, 0.25) is 0 Å². The third kappa shape index (κ3) is 3.47. The van der Waals surface area contributed by atoms with Crippen LogP contribution in [0.3, 0.4) is 0 Å². The minimum absolute atomic E-state index is 0.579. The third-order valence-corrected chi connectivity index (χ3v) is 2.79. The van der Waals surface area contributed by atoms with Gasteiger partial charge < -0.3 is 19.5 Å². The lowest BCUT2D eigenvalue weighted by atomic mass is 10.2. The van der Waals surface area contributed by atoms with E-state index in [-0.39, 0.29) is 0 Å². The molecule has 1 aromatic rings. The summed E-state index contributed by atoms with van der Waals surface area (Å²) in [5, 5.41) is 3.23. The molecule has 1 rings (SSSR count). The molecule has 18 heavy (non-hydrogen) atoms. The van der Waals surface area contributed by atoms with E-state index in [1.54, 1.807) is 26.9 Å². The summed E-state index contributed by atoms with van der Waals surface area (Å²) in [6.07, 6.45) is 0. The number of anilines is 1. The molecule has 0 atom stereocenters. The summed E-state index contributed by atoms with van der Waals surface area (Å²) in [5.41, 5.74) is 3.46. The second kappa shape index (κ2) is 7.01. The Kier molecular flexibility index (Phi) is 5.65. The van der Waals surface area contributed by atoms with Crippen LogP contribution in [-0.4, -0.2) is 27.9 Å². The molecule has 1 N–H and O–H groups in total. The first-order valence-electron chi connectivity index (χ1n) is 5.46. The second-order valence-corrected chi connectivity index (χ2v) is 3.94. The zero-order valence-corrected chi connectivity index (χ0v) is 11.8. The van der Waals surface area contributed by atoms with E-state index >= 15 is 0 Å². The summed E-state index contributed by atoms with van der Waals surface area (Å²) >= 11 is 5.61. The van der Waals surface area contributed by atoms with Crippen LogP contribution in [0.1, 0.15) is 6.92 Å². The Morgan fingerprint density at radius 2 is 1.72 bits per heavy atom. The Morgan fingerprint density at radius 3 is 2.11 bits per heavy atom.